The van der Waals surface area contributed by atoms with Crippen LogP contribution < -0.4 is 10.6 Å². The van der Waals surface area contributed by atoms with Crippen LogP contribution >= 0.6 is 11.6 Å². The first kappa shape index (κ1) is 31.8. The third-order valence-corrected chi connectivity index (χ3v) is 7.46. The highest BCUT2D eigenvalue weighted by Crippen LogP contribution is 2.23. The van der Waals surface area contributed by atoms with Gasteiger partial charge in [0, 0.05) is 24.4 Å². The minimum Gasteiger partial charge on any atom is -0.343 e. The monoisotopic (exact) mass is 550 g/mol. The van der Waals surface area contributed by atoms with E-state index in [2.05, 4.69) is 29.4 Å². The molecule has 0 bridgehead atoms. The third-order valence-electron chi connectivity index (χ3n) is 7.17. The molecule has 2 rings (SSSR count). The van der Waals surface area contributed by atoms with Gasteiger partial charge in [-0.05, 0) is 70.2 Å². The fraction of sp³-hybridized carbons (Fsp3) is 0.621. The lowest BCUT2D eigenvalue weighted by Crippen LogP contribution is -2.58. The van der Waals surface area contributed by atoms with Crippen LogP contribution in [0.4, 0.5) is 10.1 Å². The molecule has 0 aromatic heterocycles. The van der Waals surface area contributed by atoms with Crippen molar-refractivity contribution < 1.29 is 18.8 Å². The predicted octanol–water partition coefficient (Wildman–Crippen LogP) is 5.25. The molecule has 1 fully saturated rings. The molecule has 1 aliphatic rings. The van der Waals surface area contributed by atoms with E-state index >= 15 is 0 Å². The Morgan fingerprint density at radius 3 is 2.32 bits per heavy atom. The number of carbonyl (C=O) groups is 3. The van der Waals surface area contributed by atoms with E-state index in [0.29, 0.717) is 11.3 Å². The Morgan fingerprint density at radius 2 is 1.76 bits per heavy atom. The fourth-order valence-electron chi connectivity index (χ4n) is 4.87. The molecule has 9 heteroatoms. The number of hydrogen-bond acceptors (Lipinski definition) is 4. The Morgan fingerprint density at radius 1 is 1.11 bits per heavy atom. The normalized spacial score (nSPS) is 18.4. The average molecular weight is 551 g/mol. The molecule has 0 aliphatic carbocycles. The van der Waals surface area contributed by atoms with E-state index in [-0.39, 0.29) is 52.7 Å². The Bertz CT molecular complexity index is 1030. The van der Waals surface area contributed by atoms with Crippen LogP contribution in [0.1, 0.15) is 67.7 Å². The fourth-order valence-corrected chi connectivity index (χ4v) is 5.05. The number of likely N-dealkylation sites (tertiary alicyclic amines) is 1. The minimum atomic E-state index is -0.687. The maximum Gasteiger partial charge on any atom is 0.251 e. The predicted molar refractivity (Wildman–Crippen MR) is 151 cm³/mol. The molecule has 212 valence electrons. The number of hydrogen-bond donors (Lipinski definition) is 2. The molecule has 1 aromatic rings. The van der Waals surface area contributed by atoms with Crippen molar-refractivity contribution >= 4 is 35.0 Å². The Balaban J connectivity index is 2.19. The van der Waals surface area contributed by atoms with Crippen LogP contribution in [0, 0.1) is 17.7 Å². The molecular weight excluding hydrogens is 507 g/mol. The van der Waals surface area contributed by atoms with E-state index in [1.807, 2.05) is 27.7 Å². The van der Waals surface area contributed by atoms with Gasteiger partial charge in [-0.25, -0.2) is 4.39 Å². The van der Waals surface area contributed by atoms with E-state index in [1.165, 1.54) is 18.2 Å². The average Bonchev–Trinajstić information content (AvgIpc) is 2.86. The molecule has 1 heterocycles. The molecule has 7 nitrogen and oxygen atoms in total. The number of rotatable bonds is 10. The lowest BCUT2D eigenvalue weighted by atomic mass is 9.95. The van der Waals surface area contributed by atoms with Crippen molar-refractivity contribution in [2.75, 3.05) is 18.9 Å². The summed E-state index contributed by atoms with van der Waals surface area (Å²) in [6, 6.07) is 2.91. The van der Waals surface area contributed by atoms with Crippen molar-refractivity contribution in [2.24, 2.45) is 11.8 Å². The van der Waals surface area contributed by atoms with Crippen LogP contribution in [0.5, 0.6) is 0 Å². The molecular formula is C29H44ClFN4O3. The first-order valence-electron chi connectivity index (χ1n) is 13.5. The van der Waals surface area contributed by atoms with Crippen molar-refractivity contribution in [3.05, 3.63) is 40.7 Å². The number of halogens is 2. The van der Waals surface area contributed by atoms with Gasteiger partial charge in [0.2, 0.25) is 11.8 Å². The second kappa shape index (κ2) is 14.1. The van der Waals surface area contributed by atoms with E-state index in [1.54, 1.807) is 24.9 Å². The Hall–Kier alpha value is -2.45. The number of piperidine rings is 1. The largest absolute Gasteiger partial charge is 0.343 e. The summed E-state index contributed by atoms with van der Waals surface area (Å²) >= 11 is 5.83. The summed E-state index contributed by atoms with van der Waals surface area (Å²) in [7, 11) is 1.71. The van der Waals surface area contributed by atoms with Crippen molar-refractivity contribution in [3.8, 4) is 0 Å². The summed E-state index contributed by atoms with van der Waals surface area (Å²) in [5, 5.41) is 5.68. The van der Waals surface area contributed by atoms with Gasteiger partial charge >= 0.3 is 0 Å². The molecule has 0 spiro atoms. The zero-order valence-corrected chi connectivity index (χ0v) is 24.7. The number of amides is 3. The van der Waals surface area contributed by atoms with Crippen LogP contribution in [-0.4, -0.2) is 65.3 Å². The number of carbonyl (C=O) groups excluding carboxylic acids is 3. The maximum atomic E-state index is 13.7. The van der Waals surface area contributed by atoms with Crippen molar-refractivity contribution in [1.82, 2.24) is 15.1 Å². The highest BCUT2D eigenvalue weighted by Gasteiger charge is 2.36. The van der Waals surface area contributed by atoms with Crippen molar-refractivity contribution in [2.45, 2.75) is 91.9 Å². The van der Waals surface area contributed by atoms with E-state index in [4.69, 9.17) is 11.6 Å². The van der Waals surface area contributed by atoms with Gasteiger partial charge < -0.3 is 15.5 Å². The van der Waals surface area contributed by atoms with Gasteiger partial charge in [0.05, 0.1) is 17.1 Å². The lowest BCUT2D eigenvalue weighted by molar-refractivity contribution is -0.140. The molecule has 0 saturated carbocycles. The molecule has 38 heavy (non-hydrogen) atoms. The van der Waals surface area contributed by atoms with Gasteiger partial charge in [-0.15, -0.1) is 0 Å². The van der Waals surface area contributed by atoms with Crippen LogP contribution in [0.25, 0.3) is 0 Å². The number of anilines is 1. The zero-order valence-electron chi connectivity index (χ0n) is 24.0. The number of benzene rings is 1. The molecule has 0 radical (unpaired) electrons. The van der Waals surface area contributed by atoms with Gasteiger partial charge in [0.15, 0.2) is 0 Å². The summed E-state index contributed by atoms with van der Waals surface area (Å²) in [6.45, 7) is 14.5. The first-order chi connectivity index (χ1) is 17.7. The maximum absolute atomic E-state index is 13.7. The highest BCUT2D eigenvalue weighted by molar-refractivity contribution is 6.31. The molecule has 1 aliphatic heterocycles. The topological polar surface area (TPSA) is 81.8 Å². The summed E-state index contributed by atoms with van der Waals surface area (Å²) in [5.74, 6) is -1.36. The SMILES string of the molecule is CC(=C[C@H](C(C)C)N(C)C(=O)[C@@H](NC(=O)C1CCCCN1C(C)C)C(C)C)C(=O)Nc1ccc(F)c(Cl)c1. The van der Waals surface area contributed by atoms with Gasteiger partial charge in [-0.1, -0.05) is 51.8 Å². The summed E-state index contributed by atoms with van der Waals surface area (Å²) in [4.78, 5) is 43.7. The summed E-state index contributed by atoms with van der Waals surface area (Å²) < 4.78 is 13.5. The highest BCUT2D eigenvalue weighted by atomic mass is 35.5. The van der Waals surface area contributed by atoms with Gasteiger partial charge in [-0.2, -0.15) is 0 Å². The summed E-state index contributed by atoms with van der Waals surface area (Å²) in [5.41, 5.74) is 0.782. The number of likely N-dealkylation sites (N-methyl/N-ethyl adjacent to an activating group) is 1. The lowest BCUT2D eigenvalue weighted by Gasteiger charge is -2.39. The second-order valence-electron chi connectivity index (χ2n) is 11.2. The Kier molecular flexibility index (Phi) is 11.8. The van der Waals surface area contributed by atoms with Crippen LogP contribution in [0.3, 0.4) is 0 Å². The Labute approximate surface area is 232 Å². The molecule has 1 saturated heterocycles. The smallest absolute Gasteiger partial charge is 0.251 e. The molecule has 3 atom stereocenters. The summed E-state index contributed by atoms with van der Waals surface area (Å²) in [6.07, 6.45) is 4.60. The second-order valence-corrected chi connectivity index (χ2v) is 11.6. The quantitative estimate of drug-likeness (QED) is 0.390. The molecule has 3 amide bonds. The molecule has 1 unspecified atom stereocenters. The van der Waals surface area contributed by atoms with Crippen LogP contribution in [0.2, 0.25) is 5.02 Å². The zero-order chi connectivity index (χ0) is 28.7. The standard InChI is InChI=1S/C29H44ClFN4O3/c1-17(2)25(15-20(7)27(36)32-21-12-13-23(31)22(30)16-21)34(8)29(38)26(18(3)4)33-28(37)24-11-9-10-14-35(24)19(5)6/h12-13,15-19,24-26H,9-11,14H2,1-8H3,(H,32,36)(H,33,37)/t24?,25-,26+/m1/s1. The molecule has 2 N–H and O–H groups in total. The van der Waals surface area contributed by atoms with Crippen molar-refractivity contribution in [3.63, 3.8) is 0 Å². The van der Waals surface area contributed by atoms with Gasteiger partial charge in [0.1, 0.15) is 11.9 Å². The van der Waals surface area contributed by atoms with Crippen LogP contribution in [-0.2, 0) is 14.4 Å². The van der Waals surface area contributed by atoms with E-state index < -0.39 is 11.9 Å². The van der Waals surface area contributed by atoms with E-state index in [9.17, 15) is 18.8 Å². The van der Waals surface area contributed by atoms with Gasteiger partial charge in [-0.3, -0.25) is 19.3 Å². The van der Waals surface area contributed by atoms with Crippen LogP contribution in [0.15, 0.2) is 29.8 Å². The third kappa shape index (κ3) is 8.27. The number of nitrogens with one attached hydrogen (secondary N) is 2. The minimum absolute atomic E-state index is 0.00487. The van der Waals surface area contributed by atoms with Gasteiger partial charge in [0.25, 0.3) is 5.91 Å². The van der Waals surface area contributed by atoms with Crippen molar-refractivity contribution in [1.29, 1.82) is 0 Å². The first-order valence-corrected chi connectivity index (χ1v) is 13.9. The number of nitrogens with zero attached hydrogens (tertiary/aromatic N) is 2. The van der Waals surface area contributed by atoms with E-state index in [0.717, 1.165) is 25.8 Å². The molecule has 1 aromatic carbocycles.